The van der Waals surface area contributed by atoms with E-state index in [0.29, 0.717) is 28.7 Å². The van der Waals surface area contributed by atoms with Gasteiger partial charge in [0.1, 0.15) is 0 Å². The highest BCUT2D eigenvalue weighted by Gasteiger charge is 2.40. The topological polar surface area (TPSA) is 12.0 Å². The number of hydrogen-bond acceptors (Lipinski definition) is 1. The molecule has 1 heterocycles. The molecule has 1 aliphatic rings. The summed E-state index contributed by atoms with van der Waals surface area (Å²) in [7, 11) is 0. The van der Waals surface area contributed by atoms with Gasteiger partial charge in [-0.2, -0.15) is 0 Å². The van der Waals surface area contributed by atoms with Crippen LogP contribution in [-0.4, -0.2) is 13.1 Å². The van der Waals surface area contributed by atoms with Gasteiger partial charge in [0.2, 0.25) is 0 Å². The molecule has 0 aliphatic carbocycles. The van der Waals surface area contributed by atoms with Crippen molar-refractivity contribution in [1.29, 1.82) is 0 Å². The van der Waals surface area contributed by atoms with Crippen molar-refractivity contribution < 1.29 is 4.39 Å². The standard InChI is InChI=1S/C9H8Cl2FN/c10-6-1-2-8(11)7(3-6)9(12)4-13-5-9/h1-3,13H,4-5H2. The van der Waals surface area contributed by atoms with Gasteiger partial charge in [-0.25, -0.2) is 4.39 Å². The van der Waals surface area contributed by atoms with E-state index in [4.69, 9.17) is 23.2 Å². The summed E-state index contributed by atoms with van der Waals surface area (Å²) in [5.74, 6) is 0. The number of nitrogens with one attached hydrogen (secondary N) is 1. The summed E-state index contributed by atoms with van der Waals surface area (Å²) < 4.78 is 13.9. The fourth-order valence-corrected chi connectivity index (χ4v) is 1.83. The van der Waals surface area contributed by atoms with Gasteiger partial charge < -0.3 is 5.32 Å². The average Bonchev–Trinajstić information content (AvgIpc) is 2.05. The Labute approximate surface area is 85.8 Å². The van der Waals surface area contributed by atoms with E-state index in [-0.39, 0.29) is 0 Å². The van der Waals surface area contributed by atoms with Crippen molar-refractivity contribution in [2.75, 3.05) is 13.1 Å². The lowest BCUT2D eigenvalue weighted by Crippen LogP contribution is -2.53. The zero-order chi connectivity index (χ0) is 9.47. The molecular formula is C9H8Cl2FN. The van der Waals surface area contributed by atoms with Crippen LogP contribution >= 0.6 is 23.2 Å². The molecule has 0 bridgehead atoms. The van der Waals surface area contributed by atoms with Crippen LogP contribution in [0.15, 0.2) is 18.2 Å². The molecule has 0 unspecified atom stereocenters. The van der Waals surface area contributed by atoms with Crippen molar-refractivity contribution in [3.8, 4) is 0 Å². The summed E-state index contributed by atoms with van der Waals surface area (Å²) in [5.41, 5.74) is -0.845. The van der Waals surface area contributed by atoms with Crippen molar-refractivity contribution in [2.45, 2.75) is 5.67 Å². The van der Waals surface area contributed by atoms with Gasteiger partial charge in [0.05, 0.1) is 0 Å². The second-order valence-electron chi connectivity index (χ2n) is 3.19. The van der Waals surface area contributed by atoms with Gasteiger partial charge in [-0.15, -0.1) is 0 Å². The van der Waals surface area contributed by atoms with E-state index in [1.165, 1.54) is 0 Å². The molecule has 1 aliphatic heterocycles. The molecule has 4 heteroatoms. The largest absolute Gasteiger partial charge is 0.310 e. The average molecular weight is 220 g/mol. The molecule has 0 radical (unpaired) electrons. The molecule has 1 aromatic rings. The maximum absolute atomic E-state index is 13.9. The Balaban J connectivity index is 2.43. The van der Waals surface area contributed by atoms with Crippen LogP contribution in [0.25, 0.3) is 0 Å². The zero-order valence-corrected chi connectivity index (χ0v) is 8.29. The SMILES string of the molecule is FC1(c2cc(Cl)ccc2Cl)CNC1. The van der Waals surface area contributed by atoms with Crippen molar-refractivity contribution in [2.24, 2.45) is 0 Å². The Morgan fingerprint density at radius 3 is 2.54 bits per heavy atom. The normalized spacial score (nSPS) is 19.6. The van der Waals surface area contributed by atoms with Crippen LogP contribution in [0.1, 0.15) is 5.56 Å². The molecule has 70 valence electrons. The van der Waals surface area contributed by atoms with Gasteiger partial charge in [-0.1, -0.05) is 23.2 Å². The van der Waals surface area contributed by atoms with Gasteiger partial charge in [-0.3, -0.25) is 0 Å². The third kappa shape index (κ3) is 1.54. The minimum absolute atomic E-state index is 0.313. The van der Waals surface area contributed by atoms with Crippen LogP contribution < -0.4 is 5.32 Å². The summed E-state index contributed by atoms with van der Waals surface area (Å²) in [6, 6.07) is 4.87. The zero-order valence-electron chi connectivity index (χ0n) is 6.78. The Bertz CT molecular complexity index is 336. The van der Waals surface area contributed by atoms with E-state index in [1.54, 1.807) is 18.2 Å². The van der Waals surface area contributed by atoms with Crippen LogP contribution in [0.3, 0.4) is 0 Å². The summed E-state index contributed by atoms with van der Waals surface area (Å²) in [6.07, 6.45) is 0. The first kappa shape index (κ1) is 9.25. The number of alkyl halides is 1. The highest BCUT2D eigenvalue weighted by atomic mass is 35.5. The maximum Gasteiger partial charge on any atom is 0.162 e. The molecule has 2 rings (SSSR count). The van der Waals surface area contributed by atoms with Crippen LogP contribution in [0.2, 0.25) is 10.0 Å². The third-order valence-corrected chi connectivity index (χ3v) is 2.79. The Kier molecular flexibility index (Phi) is 2.22. The van der Waals surface area contributed by atoms with Crippen molar-refractivity contribution in [3.63, 3.8) is 0 Å². The molecule has 1 fully saturated rings. The van der Waals surface area contributed by atoms with Crippen LogP contribution in [-0.2, 0) is 5.67 Å². The number of benzene rings is 1. The first-order valence-corrected chi connectivity index (χ1v) is 4.73. The first-order valence-electron chi connectivity index (χ1n) is 3.97. The molecule has 1 aromatic carbocycles. The molecule has 0 saturated carbocycles. The fraction of sp³-hybridized carbons (Fsp3) is 0.333. The predicted octanol–water partition coefficient (Wildman–Crippen LogP) is 2.76. The summed E-state index contributed by atoms with van der Waals surface area (Å²) in [4.78, 5) is 0. The Hall–Kier alpha value is -0.310. The second kappa shape index (κ2) is 3.12. The van der Waals surface area contributed by atoms with Gasteiger partial charge in [0.25, 0.3) is 0 Å². The van der Waals surface area contributed by atoms with Gasteiger partial charge >= 0.3 is 0 Å². The van der Waals surface area contributed by atoms with Gasteiger partial charge in [0, 0.05) is 28.7 Å². The van der Waals surface area contributed by atoms with E-state index < -0.39 is 5.67 Å². The minimum Gasteiger partial charge on any atom is -0.310 e. The van der Waals surface area contributed by atoms with Crippen molar-refractivity contribution in [1.82, 2.24) is 5.32 Å². The predicted molar refractivity (Wildman–Crippen MR) is 52.1 cm³/mol. The fourth-order valence-electron chi connectivity index (χ4n) is 1.38. The second-order valence-corrected chi connectivity index (χ2v) is 4.04. The molecule has 1 nitrogen and oxygen atoms in total. The Morgan fingerprint density at radius 2 is 2.00 bits per heavy atom. The molecule has 0 aromatic heterocycles. The maximum atomic E-state index is 13.9. The summed E-state index contributed by atoms with van der Waals surface area (Å²) >= 11 is 11.6. The smallest absolute Gasteiger partial charge is 0.162 e. The van der Waals surface area contributed by atoms with Crippen molar-refractivity contribution in [3.05, 3.63) is 33.8 Å². The van der Waals surface area contributed by atoms with Crippen LogP contribution in [0.4, 0.5) is 4.39 Å². The van der Waals surface area contributed by atoms with E-state index >= 15 is 0 Å². The van der Waals surface area contributed by atoms with E-state index in [0.717, 1.165) is 0 Å². The highest BCUT2D eigenvalue weighted by Crippen LogP contribution is 2.36. The van der Waals surface area contributed by atoms with Crippen molar-refractivity contribution >= 4 is 23.2 Å². The Morgan fingerprint density at radius 1 is 1.31 bits per heavy atom. The van der Waals surface area contributed by atoms with Crippen LogP contribution in [0.5, 0.6) is 0 Å². The van der Waals surface area contributed by atoms with E-state index in [2.05, 4.69) is 5.32 Å². The summed E-state index contributed by atoms with van der Waals surface area (Å²) in [6.45, 7) is 0.625. The van der Waals surface area contributed by atoms with E-state index in [1.807, 2.05) is 0 Å². The molecule has 0 atom stereocenters. The third-order valence-electron chi connectivity index (χ3n) is 2.22. The lowest BCUT2D eigenvalue weighted by Gasteiger charge is -2.35. The van der Waals surface area contributed by atoms with Gasteiger partial charge in [0.15, 0.2) is 5.67 Å². The molecule has 0 spiro atoms. The number of halogens is 3. The van der Waals surface area contributed by atoms with Gasteiger partial charge in [-0.05, 0) is 18.2 Å². The molecule has 1 saturated heterocycles. The summed E-state index contributed by atoms with van der Waals surface area (Å²) in [5, 5.41) is 3.83. The molecule has 13 heavy (non-hydrogen) atoms. The quantitative estimate of drug-likeness (QED) is 0.767. The molecule has 0 amide bonds. The monoisotopic (exact) mass is 219 g/mol. The minimum atomic E-state index is -1.33. The molecular weight excluding hydrogens is 212 g/mol. The number of rotatable bonds is 1. The van der Waals surface area contributed by atoms with E-state index in [9.17, 15) is 4.39 Å². The first-order chi connectivity index (χ1) is 6.12. The lowest BCUT2D eigenvalue weighted by atomic mass is 9.90. The number of hydrogen-bond donors (Lipinski definition) is 1. The highest BCUT2D eigenvalue weighted by molar-refractivity contribution is 6.33. The lowest BCUT2D eigenvalue weighted by molar-refractivity contribution is 0.0893. The molecule has 1 N–H and O–H groups in total. The van der Waals surface area contributed by atoms with Crippen LogP contribution in [0, 0.1) is 0 Å².